The number of aliphatic hydroxyl groups excluding tert-OH is 5. The second-order valence-electron chi connectivity index (χ2n) is 4.86. The highest BCUT2D eigenvalue weighted by Crippen LogP contribution is 2.11. The Morgan fingerprint density at radius 1 is 0.905 bits per heavy atom. The average Bonchev–Trinajstić information content (AvgIpc) is 2.47. The van der Waals surface area contributed by atoms with Gasteiger partial charge < -0.3 is 36.4 Å². The van der Waals surface area contributed by atoms with Crippen LogP contribution in [0, 0.1) is 0 Å². The standard InChI is InChI=1S/C12H23NO8/c13-7(12(20)21)3-1-6(15)2-4-8(16)10(18)11(19)9(17)5-14/h7-11,14,16-19H,1-5,13H2,(H,20,21)/t7-,8-,9+,10+,11+/m0/s1. The molecule has 0 fully saturated rings. The molecule has 9 heteroatoms. The summed E-state index contributed by atoms with van der Waals surface area (Å²) in [7, 11) is 0. The summed E-state index contributed by atoms with van der Waals surface area (Å²) in [6.07, 6.45) is -6.90. The van der Waals surface area contributed by atoms with E-state index in [1.807, 2.05) is 0 Å². The van der Waals surface area contributed by atoms with Gasteiger partial charge in [0.1, 0.15) is 30.1 Å². The molecular weight excluding hydrogens is 286 g/mol. The van der Waals surface area contributed by atoms with Crippen LogP contribution in [-0.2, 0) is 9.59 Å². The maximum Gasteiger partial charge on any atom is 0.320 e. The smallest absolute Gasteiger partial charge is 0.320 e. The number of rotatable bonds is 11. The van der Waals surface area contributed by atoms with Crippen molar-refractivity contribution in [3.8, 4) is 0 Å². The first-order valence-corrected chi connectivity index (χ1v) is 6.53. The second-order valence-corrected chi connectivity index (χ2v) is 4.86. The molecule has 0 rings (SSSR count). The summed E-state index contributed by atoms with van der Waals surface area (Å²) in [6, 6.07) is -1.13. The molecular formula is C12H23NO8. The first-order chi connectivity index (χ1) is 9.70. The van der Waals surface area contributed by atoms with Crippen LogP contribution >= 0.6 is 0 Å². The quantitative estimate of drug-likeness (QED) is 0.209. The lowest BCUT2D eigenvalue weighted by Crippen LogP contribution is -2.45. The van der Waals surface area contributed by atoms with E-state index in [-0.39, 0.29) is 31.5 Å². The Kier molecular flexibility index (Phi) is 9.26. The molecule has 5 atom stereocenters. The van der Waals surface area contributed by atoms with Crippen molar-refractivity contribution in [1.29, 1.82) is 0 Å². The van der Waals surface area contributed by atoms with E-state index in [0.29, 0.717) is 0 Å². The van der Waals surface area contributed by atoms with Crippen LogP contribution in [0.4, 0.5) is 0 Å². The van der Waals surface area contributed by atoms with Crippen LogP contribution in [0.25, 0.3) is 0 Å². The van der Waals surface area contributed by atoms with Gasteiger partial charge in [-0.15, -0.1) is 0 Å². The molecule has 0 aromatic rings. The second kappa shape index (κ2) is 9.77. The van der Waals surface area contributed by atoms with Crippen LogP contribution in [0.2, 0.25) is 0 Å². The number of aliphatic carboxylic acids is 1. The lowest BCUT2D eigenvalue weighted by atomic mass is 9.97. The Labute approximate surface area is 121 Å². The van der Waals surface area contributed by atoms with E-state index in [2.05, 4.69) is 0 Å². The molecule has 0 bridgehead atoms. The van der Waals surface area contributed by atoms with Crippen molar-refractivity contribution in [3.63, 3.8) is 0 Å². The SMILES string of the molecule is N[C@@H](CCC(=O)CC[C@H](O)[C@@H](O)[C@H](O)[C@H](O)CO)C(=O)O. The molecule has 21 heavy (non-hydrogen) atoms. The maximum atomic E-state index is 11.5. The fraction of sp³-hybridized carbons (Fsp3) is 0.833. The molecule has 0 aromatic heterocycles. The molecule has 0 saturated carbocycles. The van der Waals surface area contributed by atoms with Gasteiger partial charge in [0, 0.05) is 12.8 Å². The Bertz CT molecular complexity index is 337. The minimum atomic E-state index is -1.74. The summed E-state index contributed by atoms with van der Waals surface area (Å²) >= 11 is 0. The van der Waals surface area contributed by atoms with Gasteiger partial charge in [0.25, 0.3) is 0 Å². The zero-order valence-corrected chi connectivity index (χ0v) is 11.5. The third-order valence-electron chi connectivity index (χ3n) is 3.10. The van der Waals surface area contributed by atoms with Gasteiger partial charge >= 0.3 is 5.97 Å². The number of nitrogens with two attached hydrogens (primary N) is 1. The lowest BCUT2D eigenvalue weighted by Gasteiger charge is -2.25. The zero-order valence-electron chi connectivity index (χ0n) is 11.5. The van der Waals surface area contributed by atoms with Crippen molar-refractivity contribution in [3.05, 3.63) is 0 Å². The predicted molar refractivity (Wildman–Crippen MR) is 70.2 cm³/mol. The van der Waals surface area contributed by atoms with Gasteiger partial charge in [-0.2, -0.15) is 0 Å². The van der Waals surface area contributed by atoms with Gasteiger partial charge in [-0.1, -0.05) is 0 Å². The minimum Gasteiger partial charge on any atom is -0.480 e. The molecule has 0 saturated heterocycles. The number of carboxylic acids is 1. The van der Waals surface area contributed by atoms with Crippen LogP contribution in [0.1, 0.15) is 25.7 Å². The van der Waals surface area contributed by atoms with Crippen LogP contribution in [0.15, 0.2) is 0 Å². The number of hydrogen-bond donors (Lipinski definition) is 7. The highest BCUT2D eigenvalue weighted by Gasteiger charge is 2.30. The Morgan fingerprint density at radius 2 is 1.38 bits per heavy atom. The first kappa shape index (κ1) is 19.9. The van der Waals surface area contributed by atoms with Crippen LogP contribution in [0.3, 0.4) is 0 Å². The van der Waals surface area contributed by atoms with Gasteiger partial charge in [-0.25, -0.2) is 0 Å². The van der Waals surface area contributed by atoms with Gasteiger partial charge in [0.2, 0.25) is 0 Å². The van der Waals surface area contributed by atoms with Crippen LogP contribution < -0.4 is 5.73 Å². The van der Waals surface area contributed by atoms with Gasteiger partial charge in [-0.3, -0.25) is 9.59 Å². The first-order valence-electron chi connectivity index (χ1n) is 6.53. The van der Waals surface area contributed by atoms with Crippen LogP contribution in [-0.4, -0.2) is 79.5 Å². The van der Waals surface area contributed by atoms with E-state index in [1.165, 1.54) is 0 Å². The van der Waals surface area contributed by atoms with E-state index in [9.17, 15) is 24.9 Å². The van der Waals surface area contributed by atoms with E-state index in [1.54, 1.807) is 0 Å². The van der Waals surface area contributed by atoms with Gasteiger partial charge in [-0.05, 0) is 12.8 Å². The summed E-state index contributed by atoms with van der Waals surface area (Å²) in [5.74, 6) is -1.55. The summed E-state index contributed by atoms with van der Waals surface area (Å²) in [6.45, 7) is -0.781. The van der Waals surface area contributed by atoms with E-state index in [0.717, 1.165) is 0 Å². The van der Waals surface area contributed by atoms with Gasteiger partial charge in [0.05, 0.1) is 12.7 Å². The van der Waals surface area contributed by atoms with Gasteiger partial charge in [0.15, 0.2) is 0 Å². The molecule has 0 heterocycles. The largest absolute Gasteiger partial charge is 0.480 e. The topological polar surface area (TPSA) is 182 Å². The monoisotopic (exact) mass is 309 g/mol. The van der Waals surface area contributed by atoms with Crippen LogP contribution in [0.5, 0.6) is 0 Å². The van der Waals surface area contributed by atoms with E-state index in [4.69, 9.17) is 21.1 Å². The summed E-state index contributed by atoms with van der Waals surface area (Å²) in [5, 5.41) is 54.7. The number of aliphatic hydroxyl groups is 5. The highest BCUT2D eigenvalue weighted by molar-refractivity contribution is 5.80. The van der Waals surface area contributed by atoms with Crippen molar-refractivity contribution in [1.82, 2.24) is 0 Å². The molecule has 0 aliphatic carbocycles. The molecule has 0 aliphatic heterocycles. The summed E-state index contributed by atoms with van der Waals surface area (Å²) in [5.41, 5.74) is 5.23. The molecule has 0 unspecified atom stereocenters. The van der Waals surface area contributed by atoms with Crippen molar-refractivity contribution >= 4 is 11.8 Å². The summed E-state index contributed by atoms with van der Waals surface area (Å²) < 4.78 is 0. The number of ketones is 1. The Balaban J connectivity index is 4.09. The van der Waals surface area contributed by atoms with Crippen molar-refractivity contribution < 1.29 is 40.2 Å². The third kappa shape index (κ3) is 7.46. The average molecular weight is 309 g/mol. The number of carbonyl (C=O) groups is 2. The van der Waals surface area contributed by atoms with E-state index < -0.39 is 43.0 Å². The highest BCUT2D eigenvalue weighted by atomic mass is 16.4. The molecule has 0 amide bonds. The van der Waals surface area contributed by atoms with Crippen molar-refractivity contribution in [2.24, 2.45) is 5.73 Å². The number of carboxylic acid groups (broad SMARTS) is 1. The molecule has 8 N–H and O–H groups in total. The molecule has 0 aliphatic rings. The number of Topliss-reactive ketones (excluding diaryl/α,β-unsaturated/α-hetero) is 1. The molecule has 124 valence electrons. The van der Waals surface area contributed by atoms with Crippen molar-refractivity contribution in [2.75, 3.05) is 6.61 Å². The number of carbonyl (C=O) groups excluding carboxylic acids is 1. The summed E-state index contributed by atoms with van der Waals surface area (Å²) in [4.78, 5) is 21.9. The van der Waals surface area contributed by atoms with E-state index >= 15 is 0 Å². The molecule has 0 radical (unpaired) electrons. The van der Waals surface area contributed by atoms with Crippen molar-refractivity contribution in [2.45, 2.75) is 56.1 Å². The zero-order chi connectivity index (χ0) is 16.6. The molecule has 0 spiro atoms. The fourth-order valence-corrected chi connectivity index (χ4v) is 1.61. The Hall–Kier alpha value is -1.10. The predicted octanol–water partition coefficient (Wildman–Crippen LogP) is -3.04. The molecule has 9 nitrogen and oxygen atoms in total. The number of hydrogen-bond acceptors (Lipinski definition) is 8. The minimum absolute atomic E-state index is 0.0291. The normalized spacial score (nSPS) is 18.6. The molecule has 0 aromatic carbocycles. The Morgan fingerprint density at radius 3 is 1.86 bits per heavy atom. The maximum absolute atomic E-state index is 11.5. The lowest BCUT2D eigenvalue weighted by molar-refractivity contribution is -0.138. The fourth-order valence-electron chi connectivity index (χ4n) is 1.61. The third-order valence-corrected chi connectivity index (χ3v) is 3.10.